The Labute approximate surface area is 332 Å². The van der Waals surface area contributed by atoms with Gasteiger partial charge in [-0.05, 0) is 104 Å². The summed E-state index contributed by atoms with van der Waals surface area (Å²) < 4.78 is 274. The smallest absolute Gasteiger partial charge is 0.143 e. The van der Waals surface area contributed by atoms with E-state index in [1.807, 2.05) is 0 Å². The minimum Gasteiger partial charge on any atom is -0.455 e. The molecule has 0 radical (unpaired) electrons. The van der Waals surface area contributed by atoms with Gasteiger partial charge in [0.25, 0.3) is 0 Å². The van der Waals surface area contributed by atoms with Gasteiger partial charge in [-0.1, -0.05) is 133 Å². The highest BCUT2D eigenvalue weighted by atomic mass is 16.3. The fourth-order valence-electron chi connectivity index (χ4n) is 5.72. The third-order valence-corrected chi connectivity index (χ3v) is 7.86. The molecule has 9 aromatic carbocycles. The summed E-state index contributed by atoms with van der Waals surface area (Å²) in [7, 11) is 0. The fraction of sp³-hybridized carbons (Fsp3) is 0. The SMILES string of the molecule is [2H]c1c([2H])c([2H])c(-c2c([2H])c3c4cc(N(c5c([2H])c([2H])c([2H])c([2H])c5[2H])c5c([2H])c([2H])c(-c6c([2H])c7c([2H])c([2H])c([2H])c([2H])c7c7c([2H])c([2H])c([2H])c([2H])c67)c([2H])c5[2H])c([2H])c([2H])c4oc3c3c([2H])c([2H])c([2H])c([2H])c23)c([2H])c1[2H]. The molecule has 0 bridgehead atoms. The Morgan fingerprint density at radius 3 is 1.68 bits per heavy atom. The van der Waals surface area contributed by atoms with Crippen LogP contribution in [0.25, 0.3) is 76.5 Å². The lowest BCUT2D eigenvalue weighted by molar-refractivity contribution is 0.672. The molecular weight excluding hydrogens is 607 g/mol. The summed E-state index contributed by atoms with van der Waals surface area (Å²) in [5, 5.41) is -4.45. The maximum atomic E-state index is 9.76. The molecule has 10 rings (SSSR count). The van der Waals surface area contributed by atoms with Crippen LogP contribution in [0, 0.1) is 0 Å². The molecule has 0 saturated carbocycles. The van der Waals surface area contributed by atoms with Gasteiger partial charge in [-0.2, -0.15) is 0 Å². The van der Waals surface area contributed by atoms with E-state index in [1.54, 1.807) is 0 Å². The summed E-state index contributed by atoms with van der Waals surface area (Å²) in [4.78, 5) is 0.513. The van der Waals surface area contributed by atoms with Gasteiger partial charge in [-0.3, -0.25) is 0 Å². The minimum absolute atomic E-state index is 0.451. The fourth-order valence-corrected chi connectivity index (χ4v) is 5.72. The molecule has 0 spiro atoms. The van der Waals surface area contributed by atoms with Crippen molar-refractivity contribution >= 4 is 71.3 Å². The van der Waals surface area contributed by atoms with Crippen molar-refractivity contribution in [3.8, 4) is 22.3 Å². The van der Waals surface area contributed by atoms with Crippen LogP contribution in [-0.4, -0.2) is 0 Å². The average Bonchev–Trinajstić information content (AvgIpc) is 3.86. The molecule has 0 aliphatic carbocycles. The van der Waals surface area contributed by atoms with E-state index in [2.05, 4.69) is 0 Å². The number of rotatable bonds is 5. The molecule has 0 aliphatic heterocycles. The van der Waals surface area contributed by atoms with Gasteiger partial charge in [-0.15, -0.1) is 0 Å². The van der Waals surface area contributed by atoms with Gasteiger partial charge in [0.1, 0.15) is 11.2 Å². The van der Waals surface area contributed by atoms with Crippen LogP contribution in [-0.2, 0) is 0 Å². The van der Waals surface area contributed by atoms with E-state index in [1.165, 1.54) is 0 Å². The topological polar surface area (TPSA) is 16.4 Å². The van der Waals surface area contributed by atoms with Crippen LogP contribution in [0.1, 0.15) is 41.1 Å². The van der Waals surface area contributed by atoms with Crippen molar-refractivity contribution < 1.29 is 45.5 Å². The molecule has 2 heteroatoms. The zero-order valence-corrected chi connectivity index (χ0v) is 24.9. The van der Waals surface area contributed by atoms with E-state index in [-0.39, 0.29) is 0 Å². The van der Waals surface area contributed by atoms with E-state index in [0.29, 0.717) is 4.90 Å². The molecule has 1 aromatic heterocycles. The van der Waals surface area contributed by atoms with Crippen molar-refractivity contribution in [2.75, 3.05) is 4.90 Å². The van der Waals surface area contributed by atoms with Crippen LogP contribution in [0.2, 0.25) is 0 Å². The van der Waals surface area contributed by atoms with Gasteiger partial charge in [0, 0.05) is 33.2 Å². The average molecular weight is 668 g/mol. The van der Waals surface area contributed by atoms with Gasteiger partial charge >= 0.3 is 0 Å². The second kappa shape index (κ2) is 11.5. The van der Waals surface area contributed by atoms with Crippen LogP contribution < -0.4 is 4.90 Å². The number of nitrogens with zero attached hydrogens (tertiary/aromatic N) is 1. The first-order valence-electron chi connectivity index (χ1n) is 29.7. The first-order valence-corrected chi connectivity index (χ1v) is 14.7. The van der Waals surface area contributed by atoms with E-state index in [0.717, 1.165) is 6.07 Å². The zero-order valence-electron chi connectivity index (χ0n) is 54.9. The first-order chi connectivity index (χ1) is 37.3. The van der Waals surface area contributed by atoms with Crippen molar-refractivity contribution in [1.29, 1.82) is 0 Å². The van der Waals surface area contributed by atoms with Crippen molar-refractivity contribution in [2.24, 2.45) is 0 Å². The van der Waals surface area contributed by atoms with Crippen molar-refractivity contribution in [2.45, 2.75) is 0 Å². The molecule has 2 nitrogen and oxygen atoms in total. The Morgan fingerprint density at radius 1 is 0.380 bits per heavy atom. The van der Waals surface area contributed by atoms with Gasteiger partial charge in [0.15, 0.2) is 0 Å². The third-order valence-electron chi connectivity index (χ3n) is 7.86. The van der Waals surface area contributed by atoms with Crippen molar-refractivity contribution in [3.63, 3.8) is 0 Å². The summed E-state index contributed by atoms with van der Waals surface area (Å²) in [6, 6.07) is -27.6. The number of hydrogen-bond acceptors (Lipinski definition) is 2. The Hall–Kier alpha value is -6.64. The van der Waals surface area contributed by atoms with Crippen LogP contribution in [0.15, 0.2) is 192 Å². The van der Waals surface area contributed by atoms with Crippen LogP contribution in [0.4, 0.5) is 17.1 Å². The lowest BCUT2D eigenvalue weighted by Gasteiger charge is -2.26. The quantitative estimate of drug-likeness (QED) is 0.170. The van der Waals surface area contributed by atoms with E-state index < -0.39 is 275 Å². The van der Waals surface area contributed by atoms with Crippen molar-refractivity contribution in [1.82, 2.24) is 0 Å². The highest BCUT2D eigenvalue weighted by Gasteiger charge is 2.19. The van der Waals surface area contributed by atoms with E-state index in [4.69, 9.17) is 34.6 Å². The summed E-state index contributed by atoms with van der Waals surface area (Å²) in [5.74, 6) is 0. The maximum absolute atomic E-state index is 9.76. The largest absolute Gasteiger partial charge is 0.455 e. The summed E-state index contributed by atoms with van der Waals surface area (Å²) >= 11 is 0. The molecule has 0 fully saturated rings. The van der Waals surface area contributed by atoms with Gasteiger partial charge in [0.2, 0.25) is 0 Å². The summed E-state index contributed by atoms with van der Waals surface area (Å²) in [6.07, 6.45) is 0. The Kier molecular flexibility index (Phi) is 2.64. The van der Waals surface area contributed by atoms with Gasteiger partial charge in [0.05, 0.1) is 41.1 Å². The Morgan fingerprint density at radius 2 is 0.920 bits per heavy atom. The van der Waals surface area contributed by atoms with Crippen LogP contribution >= 0.6 is 0 Å². The minimum atomic E-state index is -1.20. The third kappa shape index (κ3) is 4.57. The zero-order chi connectivity index (χ0) is 59.1. The molecule has 0 N–H and O–H groups in total. The molecule has 10 aromatic rings. The van der Waals surface area contributed by atoms with Crippen molar-refractivity contribution in [3.05, 3.63) is 187 Å². The number of para-hydroxylation sites is 1. The molecule has 1 heterocycles. The monoisotopic (exact) mass is 667 g/mol. The van der Waals surface area contributed by atoms with Crippen LogP contribution in [0.5, 0.6) is 0 Å². The molecule has 0 amide bonds. The van der Waals surface area contributed by atoms with E-state index in [9.17, 15) is 11.0 Å². The molecule has 0 saturated heterocycles. The number of hydrogen-bond donors (Lipinski definition) is 0. The summed E-state index contributed by atoms with van der Waals surface area (Å²) in [6.45, 7) is 0. The van der Waals surface area contributed by atoms with Crippen LogP contribution in [0.3, 0.4) is 0 Å². The number of anilines is 3. The molecular formula is C48H31NO. The lowest BCUT2D eigenvalue weighted by atomic mass is 9.93. The maximum Gasteiger partial charge on any atom is 0.143 e. The first kappa shape index (κ1) is 11.5. The number of fused-ring (bicyclic) bond motifs is 8. The molecule has 0 unspecified atom stereocenters. The molecule has 50 heavy (non-hydrogen) atoms. The van der Waals surface area contributed by atoms with Gasteiger partial charge < -0.3 is 9.32 Å². The number of furan rings is 1. The predicted octanol–water partition coefficient (Wildman–Crippen LogP) is 13.8. The highest BCUT2D eigenvalue weighted by molar-refractivity contribution is 6.19. The molecule has 0 atom stereocenters. The highest BCUT2D eigenvalue weighted by Crippen LogP contribution is 2.43. The Bertz CT molecular complexity index is 4520. The van der Waals surface area contributed by atoms with Gasteiger partial charge in [-0.25, -0.2) is 0 Å². The lowest BCUT2D eigenvalue weighted by Crippen LogP contribution is -2.09. The standard InChI is InChI=1S/C48H31NO/c1-3-13-32(14-4-1)44-31-46-45-30-37(27-28-47(45)50-48(46)42-22-12-11-21-41(42)44)49(35-16-5-2-6-17-35)36-25-23-33(24-26-36)43-29-34-15-7-8-18-38(34)39-19-9-10-20-40(39)43/h1-31H/i1D,2D,3D,4D,5D,6D,7D,8D,9D,10D,11D,12D,13D,14D,15D,16D,17D,18D,19D,20D,21D,22D,23D,24D,25D,26D,27D,28D,29D,31D. The molecule has 0 aliphatic rings. The molecule has 234 valence electrons. The Balaban J connectivity index is 1.40. The van der Waals surface area contributed by atoms with E-state index >= 15 is 0 Å². The number of benzene rings is 9. The normalized spacial score (nSPS) is 20.0. The second-order valence-electron chi connectivity index (χ2n) is 10.6. The summed E-state index contributed by atoms with van der Waals surface area (Å²) in [5.41, 5.74) is -7.00. The predicted molar refractivity (Wildman–Crippen MR) is 212 cm³/mol. The second-order valence-corrected chi connectivity index (χ2v) is 10.6.